The molecule has 2 amide bonds. The van der Waals surface area contributed by atoms with Crippen LogP contribution < -0.4 is 29.6 Å². The molecule has 4 heterocycles. The zero-order valence-corrected chi connectivity index (χ0v) is 33.0. The van der Waals surface area contributed by atoms with Crippen LogP contribution in [0.15, 0.2) is 29.3 Å². The third-order valence-electron chi connectivity index (χ3n) is 12.8. The average molecular weight is 746 g/mol. The fourth-order valence-corrected chi connectivity index (χ4v) is 10.2. The molecule has 0 aromatic heterocycles. The van der Waals surface area contributed by atoms with Crippen molar-refractivity contribution >= 4 is 17.8 Å². The number of ether oxygens (including phenoxy) is 4. The second-order valence-electron chi connectivity index (χ2n) is 15.2. The van der Waals surface area contributed by atoms with Crippen LogP contribution in [-0.4, -0.2) is 138 Å². The summed E-state index contributed by atoms with van der Waals surface area (Å²) in [5, 5.41) is 6.59. The van der Waals surface area contributed by atoms with Crippen molar-refractivity contribution in [3.05, 3.63) is 46.5 Å². The average Bonchev–Trinajstić information content (AvgIpc) is 3.77. The molecule has 1 spiro atoms. The first-order valence-corrected chi connectivity index (χ1v) is 19.8. The standard InChI is InChI=1S/C41H59N7O6/c1-7-45-16-10-27-23-33(51-3)35(53-5)25-30(27)38(45)32-22-29(39(50)46-18-20-47(21-19-46)40-43-14-15-44-40)8-12-41(32)31-26-36(54-6)34(52-4)24-28(31)11-17-48(41)37(49)9-13-42-2/h23-26,29,32,38,42H,7-22H2,1-6H3,(H,43,44). The van der Waals surface area contributed by atoms with E-state index in [1.807, 2.05) is 7.05 Å². The van der Waals surface area contributed by atoms with Gasteiger partial charge >= 0.3 is 0 Å². The number of benzene rings is 2. The fourth-order valence-electron chi connectivity index (χ4n) is 10.2. The van der Waals surface area contributed by atoms with Crippen molar-refractivity contribution in [2.45, 2.75) is 57.0 Å². The minimum absolute atomic E-state index is 0.0869. The Morgan fingerprint density at radius 2 is 1.56 bits per heavy atom. The molecular weight excluding hydrogens is 686 g/mol. The molecule has 2 aromatic rings. The maximum absolute atomic E-state index is 14.7. The summed E-state index contributed by atoms with van der Waals surface area (Å²) < 4.78 is 23.5. The van der Waals surface area contributed by atoms with E-state index in [0.29, 0.717) is 81.3 Å². The largest absolute Gasteiger partial charge is 0.493 e. The Labute approximate surface area is 320 Å². The van der Waals surface area contributed by atoms with Gasteiger partial charge in [-0.05, 0) is 92.2 Å². The van der Waals surface area contributed by atoms with Crippen LogP contribution in [0, 0.1) is 11.8 Å². The van der Waals surface area contributed by atoms with Crippen LogP contribution in [0.3, 0.4) is 0 Å². The van der Waals surface area contributed by atoms with E-state index in [-0.39, 0.29) is 29.7 Å². The van der Waals surface area contributed by atoms with Gasteiger partial charge < -0.3 is 44.3 Å². The zero-order valence-electron chi connectivity index (χ0n) is 33.0. The number of methoxy groups -OCH3 is 4. The molecule has 4 aliphatic heterocycles. The van der Waals surface area contributed by atoms with Gasteiger partial charge in [0.2, 0.25) is 11.8 Å². The smallest absolute Gasteiger partial charge is 0.225 e. The van der Waals surface area contributed by atoms with Crippen molar-refractivity contribution in [2.24, 2.45) is 16.8 Å². The summed E-state index contributed by atoms with van der Waals surface area (Å²) >= 11 is 0. The Morgan fingerprint density at radius 3 is 2.20 bits per heavy atom. The molecule has 54 heavy (non-hydrogen) atoms. The van der Waals surface area contributed by atoms with Crippen LogP contribution in [0.5, 0.6) is 23.0 Å². The van der Waals surface area contributed by atoms with Gasteiger partial charge in [0.05, 0.1) is 40.5 Å². The lowest BCUT2D eigenvalue weighted by Gasteiger charge is -2.59. The van der Waals surface area contributed by atoms with E-state index in [9.17, 15) is 9.59 Å². The molecule has 13 nitrogen and oxygen atoms in total. The van der Waals surface area contributed by atoms with Crippen LogP contribution in [0.1, 0.15) is 60.9 Å². The summed E-state index contributed by atoms with van der Waals surface area (Å²) in [5.41, 5.74) is 4.00. The van der Waals surface area contributed by atoms with Crippen molar-refractivity contribution in [1.29, 1.82) is 0 Å². The third-order valence-corrected chi connectivity index (χ3v) is 12.8. The lowest BCUT2D eigenvalue weighted by molar-refractivity contribution is -0.153. The van der Waals surface area contributed by atoms with Crippen molar-refractivity contribution in [3.8, 4) is 23.0 Å². The zero-order chi connectivity index (χ0) is 38.0. The van der Waals surface area contributed by atoms with Crippen molar-refractivity contribution < 1.29 is 28.5 Å². The molecule has 4 unspecified atom stereocenters. The molecule has 1 saturated carbocycles. The number of carbonyl (C=O) groups excluding carboxylic acids is 2. The van der Waals surface area contributed by atoms with E-state index < -0.39 is 5.54 Å². The summed E-state index contributed by atoms with van der Waals surface area (Å²) in [6, 6.07) is 8.45. The molecule has 5 aliphatic rings. The highest BCUT2D eigenvalue weighted by Crippen LogP contribution is 2.59. The molecule has 1 saturated heterocycles. The number of piperazine rings is 1. The predicted molar refractivity (Wildman–Crippen MR) is 208 cm³/mol. The van der Waals surface area contributed by atoms with E-state index in [2.05, 4.69) is 66.4 Å². The third kappa shape index (κ3) is 6.71. The Kier molecular flexibility index (Phi) is 11.4. The van der Waals surface area contributed by atoms with Gasteiger partial charge in [0.1, 0.15) is 0 Å². The van der Waals surface area contributed by atoms with Gasteiger partial charge in [-0.3, -0.25) is 19.5 Å². The molecule has 2 N–H and O–H groups in total. The topological polar surface area (TPSA) is 120 Å². The van der Waals surface area contributed by atoms with E-state index >= 15 is 0 Å². The lowest BCUT2D eigenvalue weighted by atomic mass is 9.58. The van der Waals surface area contributed by atoms with Crippen LogP contribution in [-0.2, 0) is 28.0 Å². The molecule has 2 fully saturated rings. The number of rotatable bonds is 10. The van der Waals surface area contributed by atoms with E-state index in [1.54, 1.807) is 28.4 Å². The number of guanidine groups is 1. The lowest BCUT2D eigenvalue weighted by Crippen LogP contribution is -2.63. The Morgan fingerprint density at radius 1 is 0.889 bits per heavy atom. The Hall–Kier alpha value is -4.23. The number of likely N-dealkylation sites (N-methyl/N-ethyl adjacent to an activating group) is 1. The maximum Gasteiger partial charge on any atom is 0.225 e. The molecule has 7 rings (SSSR count). The first-order chi connectivity index (χ1) is 26.3. The highest BCUT2D eigenvalue weighted by atomic mass is 16.5. The van der Waals surface area contributed by atoms with Crippen LogP contribution in [0.25, 0.3) is 0 Å². The molecular formula is C41H59N7O6. The maximum atomic E-state index is 14.7. The van der Waals surface area contributed by atoms with Crippen molar-refractivity contribution in [2.75, 3.05) is 101 Å². The van der Waals surface area contributed by atoms with Crippen molar-refractivity contribution in [1.82, 2.24) is 30.2 Å². The number of nitrogens with zero attached hydrogens (tertiary/aromatic N) is 5. The van der Waals surface area contributed by atoms with Crippen LogP contribution >= 0.6 is 0 Å². The number of fused-ring (bicyclic) bond motifs is 3. The first kappa shape index (κ1) is 38.1. The molecule has 294 valence electrons. The highest BCUT2D eigenvalue weighted by molar-refractivity contribution is 5.83. The molecule has 0 radical (unpaired) electrons. The minimum atomic E-state index is -0.695. The van der Waals surface area contributed by atoms with Gasteiger partial charge in [0.25, 0.3) is 0 Å². The first-order valence-electron chi connectivity index (χ1n) is 19.8. The molecule has 4 atom stereocenters. The number of carbonyl (C=O) groups is 2. The number of nitrogens with one attached hydrogen (secondary N) is 2. The summed E-state index contributed by atoms with van der Waals surface area (Å²) in [7, 11) is 8.61. The predicted octanol–water partition coefficient (Wildman–Crippen LogP) is 3.05. The van der Waals surface area contributed by atoms with Gasteiger partial charge in [0.15, 0.2) is 29.0 Å². The molecule has 13 heteroatoms. The quantitative estimate of drug-likeness (QED) is 0.376. The number of hydrogen-bond acceptors (Lipinski definition) is 11. The van der Waals surface area contributed by atoms with Gasteiger partial charge in [-0.25, -0.2) is 0 Å². The van der Waals surface area contributed by atoms with Gasteiger partial charge in [-0.2, -0.15) is 0 Å². The number of aliphatic imine (C=N–C) groups is 1. The van der Waals surface area contributed by atoms with E-state index in [4.69, 9.17) is 18.9 Å². The summed E-state index contributed by atoms with van der Waals surface area (Å²) in [6.07, 6.45) is 3.98. The minimum Gasteiger partial charge on any atom is -0.493 e. The number of hydrogen-bond donors (Lipinski definition) is 2. The summed E-state index contributed by atoms with van der Waals surface area (Å²) in [6.45, 7) is 9.64. The summed E-state index contributed by atoms with van der Waals surface area (Å²) in [5.74, 6) is 3.75. The van der Waals surface area contributed by atoms with Gasteiger partial charge in [-0.1, -0.05) is 6.92 Å². The fraction of sp³-hybridized carbons (Fsp3) is 0.634. The van der Waals surface area contributed by atoms with Crippen molar-refractivity contribution in [3.63, 3.8) is 0 Å². The second kappa shape index (κ2) is 16.2. The van der Waals surface area contributed by atoms with E-state index in [1.165, 1.54) is 16.7 Å². The Balaban J connectivity index is 1.36. The normalized spacial score (nSPS) is 25.4. The van der Waals surface area contributed by atoms with Gasteiger partial charge in [-0.15, -0.1) is 0 Å². The molecule has 2 aromatic carbocycles. The van der Waals surface area contributed by atoms with Gasteiger partial charge in [0, 0.05) is 76.7 Å². The Bertz CT molecular complexity index is 1730. The number of amides is 2. The highest BCUT2D eigenvalue weighted by Gasteiger charge is 2.58. The molecule has 0 bridgehead atoms. The SMILES string of the molecule is CCN1CCc2cc(OC)c(OC)cc2C1C1CC(C(=O)N2CCN(C3=NCCN3)CC2)CCC12c1cc(OC)c(OC)cc1CCN2C(=O)CCNC. The van der Waals surface area contributed by atoms with E-state index in [0.717, 1.165) is 57.2 Å². The summed E-state index contributed by atoms with van der Waals surface area (Å²) in [4.78, 5) is 43.1. The second-order valence-corrected chi connectivity index (χ2v) is 15.2. The van der Waals surface area contributed by atoms with Crippen LogP contribution in [0.4, 0.5) is 0 Å². The van der Waals surface area contributed by atoms with Crippen LogP contribution in [0.2, 0.25) is 0 Å². The monoisotopic (exact) mass is 745 g/mol. The molecule has 1 aliphatic carbocycles.